The maximum atomic E-state index is 8.38. The van der Waals surface area contributed by atoms with Crippen molar-refractivity contribution < 1.29 is 0 Å². The van der Waals surface area contributed by atoms with Gasteiger partial charge in [0.05, 0.1) is 10.6 Å². The third-order valence-corrected chi connectivity index (χ3v) is 1.32. The summed E-state index contributed by atoms with van der Waals surface area (Å²) in [6.07, 6.45) is 0. The van der Waals surface area contributed by atoms with Crippen molar-refractivity contribution in [2.24, 2.45) is 5.73 Å². The molecule has 3 heteroatoms. The van der Waals surface area contributed by atoms with Crippen molar-refractivity contribution in [1.82, 2.24) is 0 Å². The highest BCUT2D eigenvalue weighted by Crippen LogP contribution is 2.12. The van der Waals surface area contributed by atoms with Gasteiger partial charge in [-0.1, -0.05) is 23.7 Å². The number of hydrogen-bond acceptors (Lipinski definition) is 2. The van der Waals surface area contributed by atoms with E-state index in [4.69, 9.17) is 16.9 Å². The minimum atomic E-state index is 0.514. The largest absolute Gasteiger partial charge is 0.333 e. The molecule has 0 radical (unpaired) electrons. The molecule has 0 saturated heterocycles. The topological polar surface area (TPSA) is 49.8 Å². The molecule has 0 fully saturated rings. The van der Waals surface area contributed by atoms with Crippen LogP contribution >= 0.6 is 11.6 Å². The number of nitrogens with zero attached hydrogens (tertiary/aromatic N) is 1. The van der Waals surface area contributed by atoms with E-state index in [0.717, 1.165) is 0 Å². The van der Waals surface area contributed by atoms with Gasteiger partial charge in [0.15, 0.2) is 0 Å². The maximum absolute atomic E-state index is 8.38. The summed E-state index contributed by atoms with van der Waals surface area (Å²) in [5.41, 5.74) is 5.03. The molecular formula is C8H9ClN2. The molecule has 0 aliphatic rings. The fraction of sp³-hybridized carbons (Fsp3) is 0.125. The molecule has 1 aromatic rings. The van der Waals surface area contributed by atoms with Crippen LogP contribution in [-0.2, 0) is 0 Å². The van der Waals surface area contributed by atoms with Gasteiger partial charge in [0.2, 0.25) is 0 Å². The summed E-state index contributed by atoms with van der Waals surface area (Å²) >= 11 is 5.60. The van der Waals surface area contributed by atoms with Crippen molar-refractivity contribution in [2.45, 2.75) is 0 Å². The van der Waals surface area contributed by atoms with Gasteiger partial charge in [-0.3, -0.25) is 0 Å². The Bertz CT molecular complexity index is 253. The molecule has 0 spiro atoms. The molecule has 1 aromatic carbocycles. The zero-order valence-electron chi connectivity index (χ0n) is 6.21. The molecule has 0 aliphatic heterocycles. The third kappa shape index (κ3) is 3.03. The fourth-order valence-corrected chi connectivity index (χ4v) is 0.730. The minimum Gasteiger partial charge on any atom is -0.333 e. The van der Waals surface area contributed by atoms with Gasteiger partial charge in [0.1, 0.15) is 6.07 Å². The van der Waals surface area contributed by atoms with Gasteiger partial charge in [-0.25, -0.2) is 0 Å². The lowest BCUT2D eigenvalue weighted by molar-refractivity contribution is 1.48. The quantitative estimate of drug-likeness (QED) is 0.642. The second-order valence-corrected chi connectivity index (χ2v) is 2.00. The van der Waals surface area contributed by atoms with Crippen LogP contribution in [0.3, 0.4) is 0 Å². The summed E-state index contributed by atoms with van der Waals surface area (Å²) in [5.74, 6) is 0. The summed E-state index contributed by atoms with van der Waals surface area (Å²) < 4.78 is 0. The Morgan fingerprint density at radius 3 is 2.27 bits per heavy atom. The highest BCUT2D eigenvalue weighted by atomic mass is 35.5. The second-order valence-electron chi connectivity index (χ2n) is 1.59. The monoisotopic (exact) mass is 168 g/mol. The van der Waals surface area contributed by atoms with Crippen LogP contribution < -0.4 is 5.73 Å². The lowest BCUT2D eigenvalue weighted by Gasteiger charge is -1.88. The molecule has 0 aliphatic carbocycles. The molecule has 0 amide bonds. The van der Waals surface area contributed by atoms with E-state index in [9.17, 15) is 0 Å². The van der Waals surface area contributed by atoms with Crippen molar-refractivity contribution in [2.75, 3.05) is 7.05 Å². The first-order chi connectivity index (χ1) is 5.34. The van der Waals surface area contributed by atoms with E-state index in [0.29, 0.717) is 10.6 Å². The van der Waals surface area contributed by atoms with Crippen LogP contribution in [0.25, 0.3) is 0 Å². The molecule has 0 bridgehead atoms. The SMILES string of the molecule is CN.N#Cc1ccccc1Cl. The molecule has 0 aromatic heterocycles. The molecule has 0 saturated carbocycles. The molecule has 1 rings (SSSR count). The van der Waals surface area contributed by atoms with Crippen molar-refractivity contribution in [1.29, 1.82) is 5.26 Å². The van der Waals surface area contributed by atoms with E-state index in [-0.39, 0.29) is 0 Å². The predicted octanol–water partition coefficient (Wildman–Crippen LogP) is 1.79. The lowest BCUT2D eigenvalue weighted by atomic mass is 10.2. The van der Waals surface area contributed by atoms with Gasteiger partial charge >= 0.3 is 0 Å². The molecule has 2 N–H and O–H groups in total. The first kappa shape index (κ1) is 9.96. The Balaban J connectivity index is 0.000000461. The van der Waals surface area contributed by atoms with Crippen molar-refractivity contribution in [3.8, 4) is 6.07 Å². The predicted molar refractivity (Wildman–Crippen MR) is 46.3 cm³/mol. The van der Waals surface area contributed by atoms with E-state index < -0.39 is 0 Å². The second kappa shape index (κ2) is 5.72. The van der Waals surface area contributed by atoms with Crippen molar-refractivity contribution >= 4 is 11.6 Å². The Morgan fingerprint density at radius 2 is 1.91 bits per heavy atom. The molecule has 0 heterocycles. The average Bonchev–Trinajstić information content (AvgIpc) is 2.09. The highest BCUT2D eigenvalue weighted by molar-refractivity contribution is 6.31. The summed E-state index contributed by atoms with van der Waals surface area (Å²) in [5, 5.41) is 8.90. The summed E-state index contributed by atoms with van der Waals surface area (Å²) in [6.45, 7) is 0. The Labute approximate surface area is 71.2 Å². The normalized spacial score (nSPS) is 7.45. The number of nitriles is 1. The van der Waals surface area contributed by atoms with E-state index in [1.54, 1.807) is 24.3 Å². The van der Waals surface area contributed by atoms with Crippen LogP contribution in [0, 0.1) is 11.3 Å². The molecule has 0 atom stereocenters. The van der Waals surface area contributed by atoms with Crippen LogP contribution in [0.15, 0.2) is 24.3 Å². The number of nitrogens with two attached hydrogens (primary N) is 1. The van der Waals surface area contributed by atoms with Crippen LogP contribution in [0.5, 0.6) is 0 Å². The highest BCUT2D eigenvalue weighted by Gasteiger charge is 1.92. The molecule has 58 valence electrons. The van der Waals surface area contributed by atoms with Gasteiger partial charge in [0, 0.05) is 0 Å². The molecule has 0 unspecified atom stereocenters. The number of hydrogen-bond donors (Lipinski definition) is 1. The van der Waals surface area contributed by atoms with Gasteiger partial charge in [-0.15, -0.1) is 0 Å². The van der Waals surface area contributed by atoms with Gasteiger partial charge in [-0.2, -0.15) is 5.26 Å². The third-order valence-electron chi connectivity index (χ3n) is 0.994. The summed E-state index contributed by atoms with van der Waals surface area (Å²) in [7, 11) is 1.50. The number of rotatable bonds is 0. The lowest BCUT2D eigenvalue weighted by Crippen LogP contribution is -1.71. The van der Waals surface area contributed by atoms with Crippen LogP contribution in [-0.4, -0.2) is 7.05 Å². The van der Waals surface area contributed by atoms with E-state index in [1.807, 2.05) is 6.07 Å². The van der Waals surface area contributed by atoms with Crippen LogP contribution in [0.1, 0.15) is 5.56 Å². The molecule has 2 nitrogen and oxygen atoms in total. The molecular weight excluding hydrogens is 160 g/mol. The van der Waals surface area contributed by atoms with Crippen LogP contribution in [0.4, 0.5) is 0 Å². The first-order valence-corrected chi connectivity index (χ1v) is 3.45. The maximum Gasteiger partial charge on any atom is 0.101 e. The Kier molecular flexibility index (Phi) is 5.18. The number of halogens is 1. The zero-order valence-corrected chi connectivity index (χ0v) is 6.97. The van der Waals surface area contributed by atoms with Gasteiger partial charge < -0.3 is 5.73 Å². The smallest absolute Gasteiger partial charge is 0.101 e. The molecule has 11 heavy (non-hydrogen) atoms. The van der Waals surface area contributed by atoms with E-state index in [1.165, 1.54) is 7.05 Å². The minimum absolute atomic E-state index is 0.514. The van der Waals surface area contributed by atoms with Gasteiger partial charge in [0.25, 0.3) is 0 Å². The zero-order chi connectivity index (χ0) is 8.69. The van der Waals surface area contributed by atoms with E-state index in [2.05, 4.69) is 5.73 Å². The first-order valence-electron chi connectivity index (χ1n) is 3.07. The summed E-state index contributed by atoms with van der Waals surface area (Å²) in [6, 6.07) is 8.92. The fourth-order valence-electron chi connectivity index (χ4n) is 0.552. The van der Waals surface area contributed by atoms with Crippen molar-refractivity contribution in [3.05, 3.63) is 34.9 Å². The van der Waals surface area contributed by atoms with E-state index >= 15 is 0 Å². The van der Waals surface area contributed by atoms with Crippen LogP contribution in [0.2, 0.25) is 5.02 Å². The Morgan fingerprint density at radius 1 is 1.36 bits per heavy atom. The Hall–Kier alpha value is -1.04. The average molecular weight is 169 g/mol. The summed E-state index contributed by atoms with van der Waals surface area (Å²) in [4.78, 5) is 0. The number of benzene rings is 1. The van der Waals surface area contributed by atoms with Crippen molar-refractivity contribution in [3.63, 3.8) is 0 Å². The standard InChI is InChI=1S/C7H4ClN.CH5N/c8-7-4-2-1-3-6(7)5-9;1-2/h1-4H;2H2,1H3. The van der Waals surface area contributed by atoms with Gasteiger partial charge in [-0.05, 0) is 19.2 Å².